The fourth-order valence-corrected chi connectivity index (χ4v) is 6.65. The second kappa shape index (κ2) is 15.6. The van der Waals surface area contributed by atoms with Crippen LogP contribution in [0.15, 0.2) is 102 Å². The Bertz CT molecular complexity index is 1750. The summed E-state index contributed by atoms with van der Waals surface area (Å²) in [5.74, 6) is -0.385. The van der Waals surface area contributed by atoms with E-state index in [1.165, 1.54) is 37.3 Å². The molecule has 0 aliphatic heterocycles. The van der Waals surface area contributed by atoms with Gasteiger partial charge in [-0.05, 0) is 61.4 Å². The molecule has 0 radical (unpaired) electrons. The van der Waals surface area contributed by atoms with Crippen LogP contribution in [0.5, 0.6) is 11.5 Å². The monoisotopic (exact) mass is 663 g/mol. The van der Waals surface area contributed by atoms with Crippen molar-refractivity contribution in [1.82, 2.24) is 10.2 Å². The van der Waals surface area contributed by atoms with Gasteiger partial charge in [-0.2, -0.15) is 0 Å². The van der Waals surface area contributed by atoms with Crippen LogP contribution in [0, 0.1) is 6.92 Å². The lowest BCUT2D eigenvalue weighted by Crippen LogP contribution is -2.53. The molecule has 0 spiro atoms. The summed E-state index contributed by atoms with van der Waals surface area (Å²) in [6, 6.07) is 26.4. The molecule has 4 aromatic rings. The van der Waals surface area contributed by atoms with E-state index in [1.807, 2.05) is 37.3 Å². The first-order valence-corrected chi connectivity index (χ1v) is 16.6. The molecular formula is C35H38ClN3O6S. The average Bonchev–Trinajstić information content (AvgIpc) is 3.05. The van der Waals surface area contributed by atoms with E-state index in [0.717, 1.165) is 15.4 Å². The number of rotatable bonds is 14. The zero-order chi connectivity index (χ0) is 33.3. The molecule has 11 heteroatoms. The number of hydrogen-bond acceptors (Lipinski definition) is 6. The Labute approximate surface area is 275 Å². The van der Waals surface area contributed by atoms with Crippen LogP contribution in [0.1, 0.15) is 23.6 Å². The summed E-state index contributed by atoms with van der Waals surface area (Å²) in [5, 5.41) is 3.32. The van der Waals surface area contributed by atoms with Crippen molar-refractivity contribution in [2.45, 2.75) is 37.8 Å². The first kappa shape index (κ1) is 34.3. The molecule has 0 aliphatic carbocycles. The van der Waals surface area contributed by atoms with Crippen LogP contribution in [0.2, 0.25) is 5.02 Å². The standard InChI is InChI=1S/C35H38ClN3O6S/c1-5-37-35(41)32(21-26-10-7-6-8-11-26)38(23-27-12-9-13-28(36)20-27)34(40)24-39(31-22-29(44-3)16-19-33(31)45-4)46(42,43)30-17-14-25(2)15-18-30/h6-20,22,32H,5,21,23-24H2,1-4H3,(H,37,41)/t32-/m1/s1. The minimum Gasteiger partial charge on any atom is -0.497 e. The smallest absolute Gasteiger partial charge is 0.264 e. The molecular weight excluding hydrogens is 626 g/mol. The van der Waals surface area contributed by atoms with E-state index in [1.54, 1.807) is 55.5 Å². The average molecular weight is 664 g/mol. The van der Waals surface area contributed by atoms with Crippen LogP contribution in [-0.2, 0) is 32.6 Å². The van der Waals surface area contributed by atoms with Crippen molar-refractivity contribution in [3.05, 3.63) is 119 Å². The van der Waals surface area contributed by atoms with Gasteiger partial charge in [-0.1, -0.05) is 71.8 Å². The SMILES string of the molecule is CCNC(=O)[C@@H](Cc1ccccc1)N(Cc1cccc(Cl)c1)C(=O)CN(c1cc(OC)ccc1OC)S(=O)(=O)c1ccc(C)cc1. The molecule has 0 aliphatic rings. The van der Waals surface area contributed by atoms with Crippen molar-refractivity contribution in [2.75, 3.05) is 31.6 Å². The van der Waals surface area contributed by atoms with E-state index in [4.69, 9.17) is 21.1 Å². The number of nitrogens with one attached hydrogen (secondary N) is 1. The van der Waals surface area contributed by atoms with Crippen molar-refractivity contribution in [1.29, 1.82) is 0 Å². The highest BCUT2D eigenvalue weighted by molar-refractivity contribution is 7.92. The summed E-state index contributed by atoms with van der Waals surface area (Å²) in [6.07, 6.45) is 0.201. The number of benzene rings is 4. The summed E-state index contributed by atoms with van der Waals surface area (Å²) in [7, 11) is -1.45. The third-order valence-electron chi connectivity index (χ3n) is 7.41. The Kier molecular flexibility index (Phi) is 11.7. The molecule has 1 N–H and O–H groups in total. The number of sulfonamides is 1. The van der Waals surface area contributed by atoms with Crippen LogP contribution in [0.25, 0.3) is 0 Å². The van der Waals surface area contributed by atoms with E-state index in [9.17, 15) is 18.0 Å². The number of carbonyl (C=O) groups excluding carboxylic acids is 2. The number of aryl methyl sites for hydroxylation is 1. The zero-order valence-corrected chi connectivity index (χ0v) is 27.8. The second-order valence-corrected chi connectivity index (χ2v) is 12.9. The molecule has 0 saturated carbocycles. The molecule has 0 unspecified atom stereocenters. The number of carbonyl (C=O) groups is 2. The van der Waals surface area contributed by atoms with Gasteiger partial charge in [0.05, 0.1) is 24.8 Å². The van der Waals surface area contributed by atoms with Crippen LogP contribution >= 0.6 is 11.6 Å². The highest BCUT2D eigenvalue weighted by Crippen LogP contribution is 2.36. The molecule has 4 rings (SSSR count). The Balaban J connectivity index is 1.86. The van der Waals surface area contributed by atoms with E-state index in [-0.39, 0.29) is 35.2 Å². The molecule has 0 heterocycles. The molecule has 4 aromatic carbocycles. The molecule has 2 amide bonds. The van der Waals surface area contributed by atoms with Crippen molar-refractivity contribution in [3.8, 4) is 11.5 Å². The predicted octanol–water partition coefficient (Wildman–Crippen LogP) is 5.64. The van der Waals surface area contributed by atoms with Crippen LogP contribution in [0.4, 0.5) is 5.69 Å². The molecule has 0 bridgehead atoms. The minimum atomic E-state index is -4.32. The molecule has 0 aromatic heterocycles. The summed E-state index contributed by atoms with van der Waals surface area (Å²) in [5.41, 5.74) is 2.49. The number of amides is 2. The summed E-state index contributed by atoms with van der Waals surface area (Å²) in [6.45, 7) is 3.36. The Morgan fingerprint density at radius 2 is 1.57 bits per heavy atom. The van der Waals surface area contributed by atoms with Crippen LogP contribution in [0.3, 0.4) is 0 Å². The number of hydrogen-bond donors (Lipinski definition) is 1. The highest BCUT2D eigenvalue weighted by atomic mass is 35.5. The molecule has 242 valence electrons. The maximum Gasteiger partial charge on any atom is 0.264 e. The molecule has 0 saturated heterocycles. The van der Waals surface area contributed by atoms with Crippen molar-refractivity contribution in [2.24, 2.45) is 0 Å². The van der Waals surface area contributed by atoms with Gasteiger partial charge in [-0.3, -0.25) is 13.9 Å². The number of ether oxygens (including phenoxy) is 2. The van der Waals surface area contributed by atoms with Crippen LogP contribution in [-0.4, -0.2) is 58.5 Å². The fourth-order valence-electron chi connectivity index (χ4n) is 5.02. The van der Waals surface area contributed by atoms with Gasteiger partial charge >= 0.3 is 0 Å². The number of anilines is 1. The summed E-state index contributed by atoms with van der Waals surface area (Å²) >= 11 is 6.30. The van der Waals surface area contributed by atoms with Crippen LogP contribution < -0.4 is 19.1 Å². The highest BCUT2D eigenvalue weighted by Gasteiger charge is 2.35. The van der Waals surface area contributed by atoms with Gasteiger partial charge in [0.25, 0.3) is 10.0 Å². The van der Waals surface area contributed by atoms with Gasteiger partial charge in [0.15, 0.2) is 0 Å². The zero-order valence-electron chi connectivity index (χ0n) is 26.3. The molecule has 1 atom stereocenters. The number of likely N-dealkylation sites (N-methyl/N-ethyl adjacent to an activating group) is 1. The van der Waals surface area contributed by atoms with Crippen molar-refractivity contribution >= 4 is 39.1 Å². The van der Waals surface area contributed by atoms with Crippen molar-refractivity contribution < 1.29 is 27.5 Å². The normalized spacial score (nSPS) is 11.8. The third-order valence-corrected chi connectivity index (χ3v) is 9.42. The van der Waals surface area contributed by atoms with Gasteiger partial charge in [0.2, 0.25) is 11.8 Å². The maximum atomic E-state index is 14.6. The quantitative estimate of drug-likeness (QED) is 0.187. The largest absolute Gasteiger partial charge is 0.497 e. The van der Waals surface area contributed by atoms with Gasteiger partial charge < -0.3 is 19.7 Å². The Morgan fingerprint density at radius 1 is 0.870 bits per heavy atom. The van der Waals surface area contributed by atoms with Crippen molar-refractivity contribution in [3.63, 3.8) is 0 Å². The minimum absolute atomic E-state index is 0.00168. The Morgan fingerprint density at radius 3 is 2.20 bits per heavy atom. The van der Waals surface area contributed by atoms with Gasteiger partial charge in [-0.15, -0.1) is 0 Å². The molecule has 46 heavy (non-hydrogen) atoms. The number of methoxy groups -OCH3 is 2. The first-order valence-electron chi connectivity index (χ1n) is 14.7. The van der Waals surface area contributed by atoms with Gasteiger partial charge in [0.1, 0.15) is 24.1 Å². The molecule has 0 fully saturated rings. The van der Waals surface area contributed by atoms with E-state index in [2.05, 4.69) is 5.32 Å². The number of halogens is 1. The third kappa shape index (κ3) is 8.38. The lowest BCUT2D eigenvalue weighted by Gasteiger charge is -2.34. The fraction of sp³-hybridized carbons (Fsp3) is 0.257. The molecule has 9 nitrogen and oxygen atoms in total. The topological polar surface area (TPSA) is 105 Å². The maximum absolute atomic E-state index is 14.6. The first-order chi connectivity index (χ1) is 22.1. The second-order valence-electron chi connectivity index (χ2n) is 10.6. The van der Waals surface area contributed by atoms with Gasteiger partial charge in [-0.25, -0.2) is 8.42 Å². The summed E-state index contributed by atoms with van der Waals surface area (Å²) < 4.78 is 40.6. The Hall–Kier alpha value is -4.54. The van der Waals surface area contributed by atoms with Gasteiger partial charge in [0, 0.05) is 30.6 Å². The number of nitrogens with zero attached hydrogens (tertiary/aromatic N) is 2. The summed E-state index contributed by atoms with van der Waals surface area (Å²) in [4.78, 5) is 29.6. The lowest BCUT2D eigenvalue weighted by molar-refractivity contribution is -0.140. The van der Waals surface area contributed by atoms with E-state index >= 15 is 0 Å². The lowest BCUT2D eigenvalue weighted by atomic mass is 10.0. The van der Waals surface area contributed by atoms with E-state index in [0.29, 0.717) is 22.9 Å². The van der Waals surface area contributed by atoms with E-state index < -0.39 is 28.5 Å². The predicted molar refractivity (Wildman–Crippen MR) is 180 cm³/mol.